The van der Waals surface area contributed by atoms with Crippen molar-refractivity contribution in [3.8, 4) is 17.2 Å². The summed E-state index contributed by atoms with van der Waals surface area (Å²) in [7, 11) is 1.28. The summed E-state index contributed by atoms with van der Waals surface area (Å²) in [5.74, 6) is -1.89. The maximum Gasteiger partial charge on any atom is 0.229 e. The van der Waals surface area contributed by atoms with Gasteiger partial charge in [0, 0.05) is 29.0 Å². The van der Waals surface area contributed by atoms with Gasteiger partial charge < -0.3 is 50.6 Å². The molecule has 1 aliphatic heterocycles. The van der Waals surface area contributed by atoms with Crippen LogP contribution in [0.3, 0.4) is 0 Å². The number of benzene rings is 2. The number of aliphatic hydroxyl groups is 5. The van der Waals surface area contributed by atoms with Gasteiger partial charge in [-0.15, -0.1) is 0 Å². The highest BCUT2D eigenvalue weighted by molar-refractivity contribution is 6.31. The summed E-state index contributed by atoms with van der Waals surface area (Å²) in [5, 5.41) is 61.4. The lowest BCUT2D eigenvalue weighted by Crippen LogP contribution is -2.60. The minimum absolute atomic E-state index is 0.00417. The number of ether oxygens (including phenoxy) is 3. The van der Waals surface area contributed by atoms with E-state index in [0.717, 1.165) is 5.56 Å². The van der Waals surface area contributed by atoms with Crippen LogP contribution in [-0.4, -0.2) is 91.6 Å². The zero-order valence-corrected chi connectivity index (χ0v) is 22.4. The molecule has 222 valence electrons. The molecule has 1 aromatic heterocycles. The average Bonchev–Trinajstić information content (AvgIpc) is 2.98. The fourth-order valence-electron chi connectivity index (χ4n) is 5.25. The third-order valence-corrected chi connectivity index (χ3v) is 7.48. The van der Waals surface area contributed by atoms with Crippen molar-refractivity contribution in [2.75, 3.05) is 19.5 Å². The van der Waals surface area contributed by atoms with Gasteiger partial charge in [-0.05, 0) is 42.2 Å². The molecule has 2 aromatic carbocycles. The van der Waals surface area contributed by atoms with Crippen LogP contribution in [0.5, 0.6) is 17.2 Å². The molecule has 5 rings (SSSR count). The van der Waals surface area contributed by atoms with Crippen molar-refractivity contribution in [1.29, 1.82) is 0 Å². The number of aryl methyl sites for hydroxylation is 2. The van der Waals surface area contributed by atoms with Gasteiger partial charge in [0.25, 0.3) is 0 Å². The van der Waals surface area contributed by atoms with Gasteiger partial charge in [-0.1, -0.05) is 6.07 Å². The molecule has 5 unspecified atom stereocenters. The summed E-state index contributed by atoms with van der Waals surface area (Å²) in [6.45, 7) is -1.40. The molecule has 0 spiro atoms. The maximum absolute atomic E-state index is 13.9. The molecule has 1 fully saturated rings. The standard InChI is InChI=1S/C29H30N2O11/c1-40-17-8-18(41-29-28(39)27(38)25(36)19(11-33)42-29)23-22(15(17)10-32)24(35)14-6-13(7-16(34)21(14)26(23)37)3-2-12-4-5-20(30)31-9-12/h4-9,19,25,27-29,32-34,36,38-39H,2-3,10-11H2,1H3,(H2,30,31). The molecule has 0 bridgehead atoms. The number of pyridine rings is 1. The van der Waals surface area contributed by atoms with Crippen LogP contribution in [0.2, 0.25) is 0 Å². The molecule has 0 saturated carbocycles. The van der Waals surface area contributed by atoms with Crippen molar-refractivity contribution in [2.45, 2.75) is 50.2 Å². The van der Waals surface area contributed by atoms with Crippen molar-refractivity contribution < 1.29 is 54.4 Å². The van der Waals surface area contributed by atoms with E-state index < -0.39 is 61.2 Å². The number of ketones is 2. The number of nitrogens with zero attached hydrogens (tertiary/aromatic N) is 1. The first-order chi connectivity index (χ1) is 20.1. The Balaban J connectivity index is 1.56. The normalized spacial score (nSPS) is 23.3. The number of anilines is 1. The highest BCUT2D eigenvalue weighted by Gasteiger charge is 2.46. The first-order valence-electron chi connectivity index (χ1n) is 13.1. The first kappa shape index (κ1) is 29.4. The molecule has 42 heavy (non-hydrogen) atoms. The summed E-state index contributed by atoms with van der Waals surface area (Å²) in [6, 6.07) is 7.55. The van der Waals surface area contributed by atoms with Crippen LogP contribution in [0.4, 0.5) is 5.82 Å². The number of carbonyl (C=O) groups is 2. The molecule has 0 amide bonds. The number of carbonyl (C=O) groups excluding carboxylic acids is 2. The summed E-state index contributed by atoms with van der Waals surface area (Å²) < 4.78 is 16.5. The Hall–Kier alpha value is -4.11. The molecule has 13 nitrogen and oxygen atoms in total. The molecule has 2 heterocycles. The van der Waals surface area contributed by atoms with Crippen molar-refractivity contribution in [2.24, 2.45) is 0 Å². The van der Waals surface area contributed by atoms with E-state index in [9.17, 15) is 40.2 Å². The van der Waals surface area contributed by atoms with E-state index in [1.165, 1.54) is 25.3 Å². The Morgan fingerprint density at radius 1 is 0.905 bits per heavy atom. The van der Waals surface area contributed by atoms with E-state index in [1.807, 2.05) is 6.07 Å². The molecule has 1 aliphatic carbocycles. The molecule has 3 aromatic rings. The van der Waals surface area contributed by atoms with Crippen LogP contribution >= 0.6 is 0 Å². The van der Waals surface area contributed by atoms with Gasteiger partial charge in [0.2, 0.25) is 12.1 Å². The van der Waals surface area contributed by atoms with Crippen LogP contribution < -0.4 is 15.2 Å². The number of fused-ring (bicyclic) bond motifs is 2. The summed E-state index contributed by atoms with van der Waals surface area (Å²) in [4.78, 5) is 31.9. The topological polar surface area (TPSA) is 222 Å². The Labute approximate surface area is 239 Å². The Bertz CT molecular complexity index is 1520. The summed E-state index contributed by atoms with van der Waals surface area (Å²) >= 11 is 0. The van der Waals surface area contributed by atoms with E-state index in [1.54, 1.807) is 12.3 Å². The molecule has 2 aliphatic rings. The molecule has 1 saturated heterocycles. The summed E-state index contributed by atoms with van der Waals surface area (Å²) in [6.07, 6.45) is -5.67. The SMILES string of the molecule is COc1cc(OC2OC(CO)C(O)C(O)C2O)c2c(c1CO)C(=O)c1cc(CCc3ccc(N)nc3)cc(O)c1C2=O. The first-order valence-corrected chi connectivity index (χ1v) is 13.1. The third-order valence-electron chi connectivity index (χ3n) is 7.48. The molecular weight excluding hydrogens is 552 g/mol. The quantitative estimate of drug-likeness (QED) is 0.141. The Morgan fingerprint density at radius 3 is 2.29 bits per heavy atom. The number of hydrogen-bond donors (Lipinski definition) is 7. The van der Waals surface area contributed by atoms with E-state index in [-0.39, 0.29) is 39.3 Å². The Kier molecular flexibility index (Phi) is 8.14. The predicted molar refractivity (Wildman–Crippen MR) is 144 cm³/mol. The van der Waals surface area contributed by atoms with Crippen molar-refractivity contribution >= 4 is 17.4 Å². The average molecular weight is 583 g/mol. The zero-order chi connectivity index (χ0) is 30.3. The number of aliphatic hydroxyl groups excluding tert-OH is 5. The van der Waals surface area contributed by atoms with Gasteiger partial charge in [-0.25, -0.2) is 4.98 Å². The third kappa shape index (κ3) is 5.06. The van der Waals surface area contributed by atoms with Gasteiger partial charge in [0.05, 0.1) is 31.5 Å². The van der Waals surface area contributed by atoms with Gasteiger partial charge in [-0.3, -0.25) is 9.59 Å². The number of nitrogen functional groups attached to an aromatic ring is 1. The van der Waals surface area contributed by atoms with Crippen LogP contribution in [0, 0.1) is 0 Å². The molecule has 5 atom stereocenters. The molecular formula is C29H30N2O11. The highest BCUT2D eigenvalue weighted by atomic mass is 16.7. The van der Waals surface area contributed by atoms with E-state index in [2.05, 4.69) is 4.98 Å². The minimum Gasteiger partial charge on any atom is -0.507 e. The van der Waals surface area contributed by atoms with Crippen molar-refractivity contribution in [3.05, 3.63) is 75.5 Å². The van der Waals surface area contributed by atoms with Crippen LogP contribution in [-0.2, 0) is 24.2 Å². The molecule has 0 radical (unpaired) electrons. The number of aromatic hydroxyl groups is 1. The monoisotopic (exact) mass is 582 g/mol. The van der Waals surface area contributed by atoms with E-state index in [0.29, 0.717) is 24.2 Å². The number of nitrogens with two attached hydrogens (primary N) is 1. The van der Waals surface area contributed by atoms with E-state index in [4.69, 9.17) is 19.9 Å². The fraction of sp³-hybridized carbons (Fsp3) is 0.345. The Morgan fingerprint density at radius 2 is 1.64 bits per heavy atom. The molecule has 13 heteroatoms. The van der Waals surface area contributed by atoms with Crippen molar-refractivity contribution in [3.63, 3.8) is 0 Å². The zero-order valence-electron chi connectivity index (χ0n) is 22.4. The second-order valence-electron chi connectivity index (χ2n) is 10.1. The lowest BCUT2D eigenvalue weighted by atomic mass is 9.79. The number of rotatable bonds is 8. The summed E-state index contributed by atoms with van der Waals surface area (Å²) in [5.41, 5.74) is 6.15. The smallest absolute Gasteiger partial charge is 0.229 e. The number of hydrogen-bond acceptors (Lipinski definition) is 13. The number of phenols is 1. The highest BCUT2D eigenvalue weighted by Crippen LogP contribution is 2.43. The maximum atomic E-state index is 13.9. The largest absolute Gasteiger partial charge is 0.507 e. The van der Waals surface area contributed by atoms with E-state index >= 15 is 0 Å². The second-order valence-corrected chi connectivity index (χ2v) is 10.1. The fourth-order valence-corrected chi connectivity index (χ4v) is 5.25. The number of aromatic nitrogens is 1. The molecule has 8 N–H and O–H groups in total. The van der Waals surface area contributed by atoms with Gasteiger partial charge in [0.15, 0.2) is 5.78 Å². The minimum atomic E-state index is -1.81. The van der Waals surface area contributed by atoms with Crippen LogP contribution in [0.1, 0.15) is 48.5 Å². The number of methoxy groups -OCH3 is 1. The lowest BCUT2D eigenvalue weighted by molar-refractivity contribution is -0.277. The predicted octanol–water partition coefficient (Wildman–Crippen LogP) is -0.390. The number of phenolic OH excluding ortho intramolecular Hbond substituents is 1. The van der Waals surface area contributed by atoms with Gasteiger partial charge in [-0.2, -0.15) is 0 Å². The van der Waals surface area contributed by atoms with Crippen LogP contribution in [0.15, 0.2) is 36.5 Å². The second kappa shape index (κ2) is 11.6. The van der Waals surface area contributed by atoms with Crippen molar-refractivity contribution in [1.82, 2.24) is 4.98 Å². The lowest BCUT2D eigenvalue weighted by Gasteiger charge is -2.40. The van der Waals surface area contributed by atoms with Gasteiger partial charge >= 0.3 is 0 Å². The van der Waals surface area contributed by atoms with Crippen LogP contribution in [0.25, 0.3) is 0 Å². The van der Waals surface area contributed by atoms with Gasteiger partial charge in [0.1, 0.15) is 47.5 Å².